The summed E-state index contributed by atoms with van der Waals surface area (Å²) in [5.74, 6) is -1.32. The predicted molar refractivity (Wildman–Crippen MR) is 82.8 cm³/mol. The molecule has 0 radical (unpaired) electrons. The number of hydrogen-bond donors (Lipinski definition) is 1. The second-order valence-corrected chi connectivity index (χ2v) is 7.14. The maximum atomic E-state index is 12.6. The van der Waals surface area contributed by atoms with Gasteiger partial charge in [-0.1, -0.05) is 43.5 Å². The third kappa shape index (κ3) is 4.10. The Hall–Kier alpha value is -0.820. The fourth-order valence-corrected chi connectivity index (χ4v) is 4.19. The van der Waals surface area contributed by atoms with Crippen molar-refractivity contribution >= 4 is 39.2 Å². The second kappa shape index (κ2) is 7.45. The van der Waals surface area contributed by atoms with Crippen LogP contribution >= 0.6 is 23.2 Å². The summed E-state index contributed by atoms with van der Waals surface area (Å²) in [4.78, 5) is 10.8. The maximum absolute atomic E-state index is 12.6. The maximum Gasteiger partial charge on any atom is 0.337 e. The van der Waals surface area contributed by atoms with Crippen molar-refractivity contribution in [3.05, 3.63) is 27.7 Å². The zero-order valence-corrected chi connectivity index (χ0v) is 14.1. The van der Waals surface area contributed by atoms with E-state index in [1.54, 1.807) is 6.92 Å². The van der Waals surface area contributed by atoms with Crippen LogP contribution < -0.4 is 0 Å². The molecule has 1 aromatic rings. The fraction of sp³-hybridized carbons (Fsp3) is 0.462. The summed E-state index contributed by atoms with van der Waals surface area (Å²) in [6.07, 6.45) is 1.55. The van der Waals surface area contributed by atoms with E-state index in [0.717, 1.165) is 12.5 Å². The summed E-state index contributed by atoms with van der Waals surface area (Å²) in [6, 6.07) is 2.31. The minimum atomic E-state index is -3.88. The van der Waals surface area contributed by atoms with Gasteiger partial charge in [0.05, 0.1) is 10.6 Å². The van der Waals surface area contributed by atoms with Crippen molar-refractivity contribution in [2.45, 2.75) is 31.6 Å². The van der Waals surface area contributed by atoms with Crippen LogP contribution in [0.5, 0.6) is 0 Å². The number of halogens is 2. The second-order valence-electron chi connectivity index (χ2n) is 4.42. The summed E-state index contributed by atoms with van der Waals surface area (Å²) in [6.45, 7) is 4.29. The topological polar surface area (TPSA) is 74.7 Å². The van der Waals surface area contributed by atoms with Crippen molar-refractivity contribution in [2.75, 3.05) is 13.1 Å². The third-order valence-electron chi connectivity index (χ3n) is 2.97. The van der Waals surface area contributed by atoms with Crippen molar-refractivity contribution in [1.82, 2.24) is 4.31 Å². The average Bonchev–Trinajstić information content (AvgIpc) is 2.41. The van der Waals surface area contributed by atoms with Gasteiger partial charge >= 0.3 is 5.97 Å². The van der Waals surface area contributed by atoms with Crippen LogP contribution in [0.2, 0.25) is 10.0 Å². The molecule has 0 saturated heterocycles. The lowest BCUT2D eigenvalue weighted by Gasteiger charge is -2.21. The van der Waals surface area contributed by atoms with Crippen LogP contribution in [0.1, 0.15) is 37.0 Å². The predicted octanol–water partition coefficient (Wildman–Crippen LogP) is 3.50. The average molecular weight is 354 g/mol. The Morgan fingerprint density at radius 1 is 1.29 bits per heavy atom. The van der Waals surface area contributed by atoms with Gasteiger partial charge in [0, 0.05) is 18.1 Å². The van der Waals surface area contributed by atoms with Crippen molar-refractivity contribution in [3.63, 3.8) is 0 Å². The molecule has 21 heavy (non-hydrogen) atoms. The van der Waals surface area contributed by atoms with Crippen LogP contribution in [0.4, 0.5) is 0 Å². The van der Waals surface area contributed by atoms with Crippen LogP contribution in [0.25, 0.3) is 0 Å². The highest BCUT2D eigenvalue weighted by Crippen LogP contribution is 2.31. The molecule has 118 valence electrons. The van der Waals surface area contributed by atoms with Crippen molar-refractivity contribution in [3.8, 4) is 0 Å². The van der Waals surface area contributed by atoms with Crippen LogP contribution in [-0.4, -0.2) is 36.9 Å². The van der Waals surface area contributed by atoms with E-state index in [2.05, 4.69) is 0 Å². The monoisotopic (exact) mass is 353 g/mol. The lowest BCUT2D eigenvalue weighted by atomic mass is 10.2. The molecule has 0 aliphatic heterocycles. The zero-order chi connectivity index (χ0) is 16.2. The standard InChI is InChI=1S/C13H17Cl2NO4S/c1-3-5-6-16(4-2)21(19,20)11-8-9(14)7-10(12(11)15)13(17)18/h7-8H,3-6H2,1-2H3,(H,17,18). The molecule has 0 aliphatic carbocycles. The van der Waals surface area contributed by atoms with Crippen molar-refractivity contribution in [2.24, 2.45) is 0 Å². The molecule has 0 aromatic heterocycles. The van der Waals surface area contributed by atoms with Gasteiger partial charge in [-0.05, 0) is 18.6 Å². The summed E-state index contributed by atoms with van der Waals surface area (Å²) in [7, 11) is -3.88. The molecule has 0 heterocycles. The molecule has 0 unspecified atom stereocenters. The van der Waals surface area contributed by atoms with Gasteiger partial charge < -0.3 is 5.11 Å². The number of aromatic carboxylic acids is 1. The lowest BCUT2D eigenvalue weighted by Crippen LogP contribution is -2.32. The van der Waals surface area contributed by atoms with E-state index in [4.69, 9.17) is 28.3 Å². The van der Waals surface area contributed by atoms with Gasteiger partial charge in [0.15, 0.2) is 0 Å². The minimum Gasteiger partial charge on any atom is -0.478 e. The summed E-state index contributed by atoms with van der Waals surface area (Å²) < 4.78 is 26.5. The lowest BCUT2D eigenvalue weighted by molar-refractivity contribution is 0.0697. The number of benzene rings is 1. The highest BCUT2D eigenvalue weighted by molar-refractivity contribution is 7.89. The van der Waals surface area contributed by atoms with Crippen LogP contribution in [0, 0.1) is 0 Å². The van der Waals surface area contributed by atoms with Gasteiger partial charge in [-0.25, -0.2) is 13.2 Å². The highest BCUT2D eigenvalue weighted by Gasteiger charge is 2.28. The summed E-state index contributed by atoms with van der Waals surface area (Å²) in [5, 5.41) is 8.76. The number of carboxylic acid groups (broad SMARTS) is 1. The largest absolute Gasteiger partial charge is 0.478 e. The Morgan fingerprint density at radius 2 is 1.90 bits per heavy atom. The Bertz CT molecular complexity index is 631. The van der Waals surface area contributed by atoms with Crippen LogP contribution in [-0.2, 0) is 10.0 Å². The molecule has 0 spiro atoms. The molecule has 8 heteroatoms. The molecule has 0 fully saturated rings. The van der Waals surface area contributed by atoms with Crippen molar-refractivity contribution < 1.29 is 18.3 Å². The molecule has 0 amide bonds. The van der Waals surface area contributed by atoms with Crippen LogP contribution in [0.15, 0.2) is 17.0 Å². The SMILES string of the molecule is CCCCN(CC)S(=O)(=O)c1cc(Cl)cc(C(=O)O)c1Cl. The number of nitrogens with zero attached hydrogens (tertiary/aromatic N) is 1. The van der Waals surface area contributed by atoms with E-state index in [9.17, 15) is 13.2 Å². The number of rotatable bonds is 7. The van der Waals surface area contributed by atoms with E-state index in [0.29, 0.717) is 13.0 Å². The number of unbranched alkanes of at least 4 members (excludes halogenated alkanes) is 1. The molecular weight excluding hydrogens is 337 g/mol. The van der Waals surface area contributed by atoms with Gasteiger partial charge in [-0.2, -0.15) is 4.31 Å². The van der Waals surface area contributed by atoms with E-state index in [-0.39, 0.29) is 27.0 Å². The molecular formula is C13H17Cl2NO4S. The summed E-state index contributed by atoms with van der Waals surface area (Å²) in [5.41, 5.74) is -0.325. The van der Waals surface area contributed by atoms with Gasteiger partial charge in [0.2, 0.25) is 10.0 Å². The molecule has 1 N–H and O–H groups in total. The zero-order valence-electron chi connectivity index (χ0n) is 11.8. The van der Waals surface area contributed by atoms with Crippen LogP contribution in [0.3, 0.4) is 0 Å². The Kier molecular flexibility index (Phi) is 6.46. The Labute approximate surface area is 134 Å². The normalized spacial score (nSPS) is 11.9. The Balaban J connectivity index is 3.40. The Morgan fingerprint density at radius 3 is 2.38 bits per heavy atom. The third-order valence-corrected chi connectivity index (χ3v) is 5.70. The van der Waals surface area contributed by atoms with E-state index >= 15 is 0 Å². The molecule has 1 rings (SSSR count). The van der Waals surface area contributed by atoms with Gasteiger partial charge in [-0.15, -0.1) is 0 Å². The first-order valence-electron chi connectivity index (χ1n) is 6.48. The molecule has 0 saturated carbocycles. The fourth-order valence-electron chi connectivity index (χ4n) is 1.83. The molecule has 0 atom stereocenters. The van der Waals surface area contributed by atoms with Crippen molar-refractivity contribution in [1.29, 1.82) is 0 Å². The first-order chi connectivity index (χ1) is 9.75. The molecule has 0 bridgehead atoms. The first kappa shape index (κ1) is 18.2. The van der Waals surface area contributed by atoms with E-state index in [1.165, 1.54) is 10.4 Å². The number of hydrogen-bond acceptors (Lipinski definition) is 3. The quantitative estimate of drug-likeness (QED) is 0.813. The van der Waals surface area contributed by atoms with E-state index < -0.39 is 16.0 Å². The van der Waals surface area contributed by atoms with Gasteiger partial charge in [-0.3, -0.25) is 0 Å². The number of carboxylic acids is 1. The molecule has 1 aromatic carbocycles. The van der Waals surface area contributed by atoms with E-state index in [1.807, 2.05) is 6.92 Å². The first-order valence-corrected chi connectivity index (χ1v) is 8.67. The van der Waals surface area contributed by atoms with Gasteiger partial charge in [0.1, 0.15) is 4.90 Å². The molecule has 0 aliphatic rings. The number of carbonyl (C=O) groups is 1. The smallest absolute Gasteiger partial charge is 0.337 e. The van der Waals surface area contributed by atoms with Gasteiger partial charge in [0.25, 0.3) is 0 Å². The highest BCUT2D eigenvalue weighted by atomic mass is 35.5. The summed E-state index contributed by atoms with van der Waals surface area (Å²) >= 11 is 11.8. The number of sulfonamides is 1. The molecule has 5 nitrogen and oxygen atoms in total. The minimum absolute atomic E-state index is 0.0157.